The van der Waals surface area contributed by atoms with Gasteiger partial charge in [-0.25, -0.2) is 8.93 Å². The van der Waals surface area contributed by atoms with Crippen LogP contribution in [0.4, 0.5) is 0 Å². The standard InChI is InChI=1S/C33H57NO3S/c1-4-5-6-7-8-9-10-11-12-13-14-15-24-34-38(36)37-31-19-18-29-28-17-16-26-25-27(35)20-22-32(26,2)30(28)21-23-33(29,31)3/h25,28-31,34H,4-24H2,1-3H3/t28-,29-,30-,31-,32-,33-,38?/m0/s1. The molecule has 0 bridgehead atoms. The zero-order chi connectivity index (χ0) is 27.0. The summed E-state index contributed by atoms with van der Waals surface area (Å²) >= 11 is -1.39. The maximum Gasteiger partial charge on any atom is 0.234 e. The van der Waals surface area contributed by atoms with Crippen molar-refractivity contribution in [2.24, 2.45) is 28.6 Å². The van der Waals surface area contributed by atoms with E-state index in [-0.39, 0.29) is 16.9 Å². The molecule has 0 spiro atoms. The van der Waals surface area contributed by atoms with E-state index in [1.54, 1.807) is 0 Å². The molecule has 218 valence electrons. The molecule has 0 aromatic heterocycles. The van der Waals surface area contributed by atoms with Gasteiger partial charge < -0.3 is 0 Å². The molecule has 0 amide bonds. The minimum Gasteiger partial charge on any atom is -0.295 e. The van der Waals surface area contributed by atoms with Crippen molar-refractivity contribution in [2.75, 3.05) is 6.54 Å². The summed E-state index contributed by atoms with van der Waals surface area (Å²) < 4.78 is 22.2. The Balaban J connectivity index is 1.12. The molecular weight excluding hydrogens is 490 g/mol. The van der Waals surface area contributed by atoms with Crippen LogP contribution < -0.4 is 4.72 Å². The normalized spacial score (nSPS) is 35.3. The fourth-order valence-electron chi connectivity index (χ4n) is 8.93. The van der Waals surface area contributed by atoms with Crippen molar-refractivity contribution in [3.05, 3.63) is 11.6 Å². The van der Waals surface area contributed by atoms with Crippen LogP contribution in [0.25, 0.3) is 0 Å². The molecule has 38 heavy (non-hydrogen) atoms. The number of fused-ring (bicyclic) bond motifs is 5. The van der Waals surface area contributed by atoms with E-state index in [4.69, 9.17) is 4.18 Å². The van der Waals surface area contributed by atoms with E-state index in [9.17, 15) is 9.00 Å². The zero-order valence-corrected chi connectivity index (χ0v) is 25.7. The van der Waals surface area contributed by atoms with Crippen molar-refractivity contribution in [3.8, 4) is 0 Å². The van der Waals surface area contributed by atoms with E-state index in [2.05, 4.69) is 25.5 Å². The highest BCUT2D eigenvalue weighted by atomic mass is 32.2. The number of unbranched alkanes of at least 4 members (excludes halogenated alkanes) is 11. The van der Waals surface area contributed by atoms with E-state index in [1.165, 1.54) is 95.5 Å². The number of nitrogens with one attached hydrogen (secondary N) is 1. The Kier molecular flexibility index (Phi) is 11.5. The number of hydrogen-bond donors (Lipinski definition) is 1. The first kappa shape index (κ1) is 30.4. The second-order valence-electron chi connectivity index (χ2n) is 13.7. The lowest BCUT2D eigenvalue weighted by Gasteiger charge is -2.57. The number of carbonyl (C=O) groups is 1. The van der Waals surface area contributed by atoms with Gasteiger partial charge >= 0.3 is 0 Å². The van der Waals surface area contributed by atoms with Gasteiger partial charge in [-0.05, 0) is 86.0 Å². The molecule has 4 aliphatic rings. The summed E-state index contributed by atoms with van der Waals surface area (Å²) in [5.74, 6) is 2.42. The first-order valence-corrected chi connectivity index (χ1v) is 17.5. The molecule has 0 saturated heterocycles. The molecular formula is C33H57NO3S. The van der Waals surface area contributed by atoms with Crippen LogP contribution in [0.2, 0.25) is 0 Å². The summed E-state index contributed by atoms with van der Waals surface area (Å²) in [6.07, 6.45) is 26.9. The fourth-order valence-corrected chi connectivity index (χ4v) is 9.84. The van der Waals surface area contributed by atoms with Gasteiger partial charge in [-0.1, -0.05) is 97.0 Å². The van der Waals surface area contributed by atoms with Crippen molar-refractivity contribution in [1.82, 2.24) is 4.72 Å². The van der Waals surface area contributed by atoms with Gasteiger partial charge in [0.25, 0.3) is 0 Å². The van der Waals surface area contributed by atoms with Gasteiger partial charge in [0.15, 0.2) is 5.78 Å². The van der Waals surface area contributed by atoms with Crippen molar-refractivity contribution in [2.45, 2.75) is 155 Å². The van der Waals surface area contributed by atoms with Crippen LogP contribution in [0.3, 0.4) is 0 Å². The molecule has 0 heterocycles. The largest absolute Gasteiger partial charge is 0.295 e. The smallest absolute Gasteiger partial charge is 0.234 e. The number of hydrogen-bond acceptors (Lipinski definition) is 3. The van der Waals surface area contributed by atoms with Gasteiger partial charge in [0.1, 0.15) is 0 Å². The van der Waals surface area contributed by atoms with E-state index >= 15 is 0 Å². The van der Waals surface area contributed by atoms with Crippen LogP contribution >= 0.6 is 0 Å². The summed E-state index contributed by atoms with van der Waals surface area (Å²) in [6, 6.07) is 0. The average Bonchev–Trinajstić information content (AvgIpc) is 3.23. The maximum absolute atomic E-state index is 12.8. The summed E-state index contributed by atoms with van der Waals surface area (Å²) in [4.78, 5) is 12.1. The van der Waals surface area contributed by atoms with Gasteiger partial charge in [0.05, 0.1) is 6.10 Å². The molecule has 0 aromatic carbocycles. The first-order chi connectivity index (χ1) is 18.4. The third-order valence-electron chi connectivity index (χ3n) is 11.3. The SMILES string of the molecule is CCCCCCCCCCCCCCNS(=O)O[C@H]1CC[C@H]2[C@@H]3CCC4=CC(=O)CC[C@]4(C)[C@H]3CC[C@]12C. The Morgan fingerprint density at radius 1 is 0.842 bits per heavy atom. The van der Waals surface area contributed by atoms with Gasteiger partial charge in [0.2, 0.25) is 11.3 Å². The first-order valence-electron chi connectivity index (χ1n) is 16.4. The Morgan fingerprint density at radius 2 is 1.50 bits per heavy atom. The van der Waals surface area contributed by atoms with Crippen molar-refractivity contribution in [1.29, 1.82) is 0 Å². The lowest BCUT2D eigenvalue weighted by atomic mass is 9.47. The maximum atomic E-state index is 12.8. The predicted molar refractivity (Wildman–Crippen MR) is 159 cm³/mol. The van der Waals surface area contributed by atoms with Crippen LogP contribution in [0.5, 0.6) is 0 Å². The summed E-state index contributed by atoms with van der Waals surface area (Å²) in [6.45, 7) is 7.93. The number of rotatable bonds is 16. The fraction of sp³-hybridized carbons (Fsp3) is 0.909. The molecule has 0 radical (unpaired) electrons. The molecule has 4 aliphatic carbocycles. The lowest BCUT2D eigenvalue weighted by molar-refractivity contribution is -0.117. The van der Waals surface area contributed by atoms with Crippen LogP contribution in [-0.2, 0) is 20.2 Å². The van der Waals surface area contributed by atoms with E-state index in [0.29, 0.717) is 17.6 Å². The van der Waals surface area contributed by atoms with Crippen LogP contribution in [0, 0.1) is 28.6 Å². The second kappa shape index (κ2) is 14.4. The van der Waals surface area contributed by atoms with Gasteiger partial charge in [-0.15, -0.1) is 0 Å². The molecule has 1 N–H and O–H groups in total. The van der Waals surface area contributed by atoms with Crippen molar-refractivity contribution in [3.63, 3.8) is 0 Å². The Bertz CT molecular complexity index is 827. The van der Waals surface area contributed by atoms with E-state index in [0.717, 1.165) is 51.0 Å². The Morgan fingerprint density at radius 3 is 2.18 bits per heavy atom. The Hall–Kier alpha value is -0.520. The molecule has 4 rings (SSSR count). The minimum absolute atomic E-state index is 0.0986. The highest BCUT2D eigenvalue weighted by Gasteiger charge is 2.59. The van der Waals surface area contributed by atoms with Crippen LogP contribution in [0.15, 0.2) is 11.6 Å². The summed E-state index contributed by atoms with van der Waals surface area (Å²) in [5.41, 5.74) is 1.79. The molecule has 0 aromatic rings. The molecule has 7 atom stereocenters. The van der Waals surface area contributed by atoms with Crippen LogP contribution in [0.1, 0.15) is 149 Å². The lowest BCUT2D eigenvalue weighted by Crippen LogP contribution is -2.51. The molecule has 3 saturated carbocycles. The third kappa shape index (κ3) is 7.21. The highest BCUT2D eigenvalue weighted by molar-refractivity contribution is 7.78. The van der Waals surface area contributed by atoms with Crippen molar-refractivity contribution < 1.29 is 13.2 Å². The topological polar surface area (TPSA) is 55.4 Å². The van der Waals surface area contributed by atoms with Gasteiger partial charge in [-0.3, -0.25) is 8.98 Å². The number of carbonyl (C=O) groups excluding carboxylic acids is 1. The molecule has 3 fully saturated rings. The van der Waals surface area contributed by atoms with Gasteiger partial charge in [-0.2, -0.15) is 0 Å². The van der Waals surface area contributed by atoms with E-state index in [1.807, 2.05) is 6.08 Å². The zero-order valence-electron chi connectivity index (χ0n) is 24.9. The second-order valence-corrected chi connectivity index (χ2v) is 14.6. The molecule has 0 aliphatic heterocycles. The monoisotopic (exact) mass is 547 g/mol. The Labute approximate surface area is 236 Å². The molecule has 4 nitrogen and oxygen atoms in total. The third-order valence-corrected chi connectivity index (χ3v) is 12.2. The van der Waals surface area contributed by atoms with E-state index < -0.39 is 11.3 Å². The predicted octanol–water partition coefficient (Wildman–Crippen LogP) is 8.77. The average molecular weight is 548 g/mol. The number of ketones is 1. The molecule has 5 heteroatoms. The number of allylic oxidation sites excluding steroid dienone is 1. The molecule has 1 unspecified atom stereocenters. The quantitative estimate of drug-likeness (QED) is 0.196. The summed E-state index contributed by atoms with van der Waals surface area (Å²) in [7, 11) is 0. The van der Waals surface area contributed by atoms with Crippen molar-refractivity contribution >= 4 is 17.0 Å². The minimum atomic E-state index is -1.39. The van der Waals surface area contributed by atoms with Gasteiger partial charge in [0, 0.05) is 13.0 Å². The summed E-state index contributed by atoms with van der Waals surface area (Å²) in [5, 5.41) is 0. The van der Waals surface area contributed by atoms with Crippen LogP contribution in [-0.4, -0.2) is 22.6 Å². The highest BCUT2D eigenvalue weighted by Crippen LogP contribution is 2.65.